The van der Waals surface area contributed by atoms with Crippen molar-refractivity contribution < 1.29 is 13.2 Å². The highest BCUT2D eigenvalue weighted by Gasteiger charge is 2.15. The Morgan fingerprint density at radius 2 is 1.80 bits per heavy atom. The van der Waals surface area contributed by atoms with Crippen LogP contribution in [0.4, 0.5) is 5.82 Å². The molecule has 1 aliphatic heterocycles. The highest BCUT2D eigenvalue weighted by molar-refractivity contribution is 7.89. The van der Waals surface area contributed by atoms with Gasteiger partial charge in [-0.25, -0.2) is 18.1 Å². The second kappa shape index (κ2) is 7.33. The van der Waals surface area contributed by atoms with E-state index in [1.807, 2.05) is 12.1 Å². The number of aromatic nitrogens is 1. The summed E-state index contributed by atoms with van der Waals surface area (Å²) in [7, 11) is -3.63. The molecule has 1 fully saturated rings. The van der Waals surface area contributed by atoms with E-state index in [0.717, 1.165) is 24.5 Å². The zero-order chi connectivity index (χ0) is 17.9. The van der Waals surface area contributed by atoms with E-state index in [1.165, 1.54) is 44.0 Å². The number of pyridine rings is 1. The van der Waals surface area contributed by atoms with Gasteiger partial charge in [-0.15, -0.1) is 0 Å². The van der Waals surface area contributed by atoms with Gasteiger partial charge in [-0.3, -0.25) is 4.79 Å². The molecule has 132 valence electrons. The highest BCUT2D eigenvalue weighted by Crippen LogP contribution is 2.18. The zero-order valence-electron chi connectivity index (χ0n) is 14.1. The van der Waals surface area contributed by atoms with Gasteiger partial charge in [-0.1, -0.05) is 18.2 Å². The highest BCUT2D eigenvalue weighted by atomic mass is 32.2. The van der Waals surface area contributed by atoms with Crippen molar-refractivity contribution in [3.8, 4) is 0 Å². The van der Waals surface area contributed by atoms with Gasteiger partial charge in [0.15, 0.2) is 5.78 Å². The van der Waals surface area contributed by atoms with Crippen molar-refractivity contribution in [2.24, 2.45) is 0 Å². The topological polar surface area (TPSA) is 79.4 Å². The number of sulfonamides is 1. The maximum absolute atomic E-state index is 12.3. The minimum Gasteiger partial charge on any atom is -0.357 e. The number of anilines is 1. The predicted octanol–water partition coefficient (Wildman–Crippen LogP) is 2.36. The van der Waals surface area contributed by atoms with E-state index in [1.54, 1.807) is 6.20 Å². The largest absolute Gasteiger partial charge is 0.357 e. The van der Waals surface area contributed by atoms with Crippen LogP contribution in [0.3, 0.4) is 0 Å². The van der Waals surface area contributed by atoms with E-state index in [-0.39, 0.29) is 17.2 Å². The third-order valence-corrected chi connectivity index (χ3v) is 5.69. The number of nitrogens with zero attached hydrogens (tertiary/aromatic N) is 2. The van der Waals surface area contributed by atoms with Gasteiger partial charge in [0.1, 0.15) is 5.82 Å². The number of benzene rings is 1. The average Bonchev–Trinajstić information content (AvgIpc) is 3.15. The molecule has 1 aromatic heterocycles. The molecule has 3 rings (SSSR count). The number of rotatable bonds is 6. The lowest BCUT2D eigenvalue weighted by molar-refractivity contribution is 0.101. The molecule has 2 aromatic rings. The Morgan fingerprint density at radius 1 is 1.12 bits per heavy atom. The fourth-order valence-corrected chi connectivity index (χ4v) is 3.80. The normalized spacial score (nSPS) is 14.7. The smallest absolute Gasteiger partial charge is 0.240 e. The lowest BCUT2D eigenvalue weighted by Gasteiger charge is -2.16. The molecule has 6 nitrogen and oxygen atoms in total. The van der Waals surface area contributed by atoms with Crippen molar-refractivity contribution in [1.29, 1.82) is 0 Å². The van der Waals surface area contributed by atoms with Crippen LogP contribution in [0.25, 0.3) is 0 Å². The van der Waals surface area contributed by atoms with Crippen molar-refractivity contribution in [2.75, 3.05) is 18.0 Å². The van der Waals surface area contributed by atoms with E-state index in [2.05, 4.69) is 14.6 Å². The van der Waals surface area contributed by atoms with E-state index in [9.17, 15) is 13.2 Å². The number of hydrogen-bond donors (Lipinski definition) is 1. The van der Waals surface area contributed by atoms with Gasteiger partial charge in [0.2, 0.25) is 10.0 Å². The Hall–Kier alpha value is -2.25. The summed E-state index contributed by atoms with van der Waals surface area (Å²) in [5.41, 5.74) is 1.28. The Balaban J connectivity index is 1.64. The molecule has 0 amide bonds. The molecule has 2 heterocycles. The summed E-state index contributed by atoms with van der Waals surface area (Å²) in [6, 6.07) is 9.73. The molecule has 0 radical (unpaired) electrons. The molecule has 0 aliphatic carbocycles. The summed E-state index contributed by atoms with van der Waals surface area (Å²) < 4.78 is 27.2. The number of carbonyl (C=O) groups is 1. The Bertz CT molecular complexity index is 840. The fraction of sp³-hybridized carbons (Fsp3) is 0.333. The van der Waals surface area contributed by atoms with Gasteiger partial charge in [-0.2, -0.15) is 0 Å². The Labute approximate surface area is 147 Å². The molecule has 0 saturated carbocycles. The summed E-state index contributed by atoms with van der Waals surface area (Å²) >= 11 is 0. The van der Waals surface area contributed by atoms with Gasteiger partial charge >= 0.3 is 0 Å². The minimum absolute atomic E-state index is 0.0962. The molecule has 1 aromatic carbocycles. The number of Topliss-reactive ketones (excluding diaryl/α,β-unsaturated/α-hetero) is 1. The maximum atomic E-state index is 12.3. The molecular formula is C18H21N3O3S. The van der Waals surface area contributed by atoms with Crippen molar-refractivity contribution >= 4 is 21.6 Å². The van der Waals surface area contributed by atoms with Crippen LogP contribution in [-0.4, -0.2) is 32.3 Å². The number of ketones is 1. The first kappa shape index (κ1) is 17.6. The second-order valence-corrected chi connectivity index (χ2v) is 7.89. The molecule has 1 aliphatic rings. The van der Waals surface area contributed by atoms with Gasteiger partial charge in [0.05, 0.1) is 4.90 Å². The Morgan fingerprint density at radius 3 is 2.36 bits per heavy atom. The molecule has 1 saturated heterocycles. The van der Waals surface area contributed by atoms with Crippen LogP contribution in [0.2, 0.25) is 0 Å². The average molecular weight is 359 g/mol. The molecule has 0 atom stereocenters. The summed E-state index contributed by atoms with van der Waals surface area (Å²) in [5, 5.41) is 0. The van der Waals surface area contributed by atoms with Crippen molar-refractivity contribution in [2.45, 2.75) is 31.2 Å². The summed E-state index contributed by atoms with van der Waals surface area (Å²) in [6.07, 6.45) is 4.08. The van der Waals surface area contributed by atoms with Crippen LogP contribution >= 0.6 is 0 Å². The van der Waals surface area contributed by atoms with E-state index < -0.39 is 10.0 Å². The SMILES string of the molecule is CC(=O)c1ccc(S(=O)(=O)NCc2ccc(N3CCCC3)nc2)cc1. The lowest BCUT2D eigenvalue weighted by atomic mass is 10.2. The summed E-state index contributed by atoms with van der Waals surface area (Å²) in [5.74, 6) is 0.838. The number of carbonyl (C=O) groups excluding carboxylic acids is 1. The van der Waals surface area contributed by atoms with Crippen LogP contribution in [0.5, 0.6) is 0 Å². The summed E-state index contributed by atoms with van der Waals surface area (Å²) in [4.78, 5) is 18.0. The van der Waals surface area contributed by atoms with Crippen LogP contribution in [-0.2, 0) is 16.6 Å². The van der Waals surface area contributed by atoms with Gasteiger partial charge < -0.3 is 4.90 Å². The molecule has 0 unspecified atom stereocenters. The van der Waals surface area contributed by atoms with E-state index in [0.29, 0.717) is 5.56 Å². The number of nitrogens with one attached hydrogen (secondary N) is 1. The third kappa shape index (κ3) is 4.24. The Kier molecular flexibility index (Phi) is 5.15. The van der Waals surface area contributed by atoms with Crippen molar-refractivity contribution in [1.82, 2.24) is 9.71 Å². The first-order valence-electron chi connectivity index (χ1n) is 8.26. The minimum atomic E-state index is -3.63. The maximum Gasteiger partial charge on any atom is 0.240 e. The van der Waals surface area contributed by atoms with Crippen LogP contribution < -0.4 is 9.62 Å². The molecule has 0 bridgehead atoms. The van der Waals surface area contributed by atoms with Crippen molar-refractivity contribution in [3.05, 3.63) is 53.7 Å². The molecule has 0 spiro atoms. The molecule has 1 N–H and O–H groups in total. The number of hydrogen-bond acceptors (Lipinski definition) is 5. The molecule has 7 heteroatoms. The fourth-order valence-electron chi connectivity index (χ4n) is 2.79. The van der Waals surface area contributed by atoms with Crippen LogP contribution in [0, 0.1) is 0 Å². The van der Waals surface area contributed by atoms with Gasteiger partial charge in [0.25, 0.3) is 0 Å². The van der Waals surface area contributed by atoms with Crippen molar-refractivity contribution in [3.63, 3.8) is 0 Å². The quantitative estimate of drug-likeness (QED) is 0.801. The first-order chi connectivity index (χ1) is 12.0. The standard InChI is InChI=1S/C18H21N3O3S/c1-14(22)16-5-7-17(8-6-16)25(23,24)20-13-15-4-9-18(19-12-15)21-10-2-3-11-21/h4-9,12,20H,2-3,10-11,13H2,1H3. The molecule has 25 heavy (non-hydrogen) atoms. The monoisotopic (exact) mass is 359 g/mol. The summed E-state index contributed by atoms with van der Waals surface area (Å²) in [6.45, 7) is 3.66. The third-order valence-electron chi connectivity index (χ3n) is 4.28. The second-order valence-electron chi connectivity index (χ2n) is 6.12. The van der Waals surface area contributed by atoms with Crippen LogP contribution in [0.15, 0.2) is 47.5 Å². The predicted molar refractivity (Wildman–Crippen MR) is 96.2 cm³/mol. The lowest BCUT2D eigenvalue weighted by Crippen LogP contribution is -2.23. The zero-order valence-corrected chi connectivity index (χ0v) is 14.9. The van der Waals surface area contributed by atoms with E-state index in [4.69, 9.17) is 0 Å². The first-order valence-corrected chi connectivity index (χ1v) is 9.74. The van der Waals surface area contributed by atoms with Gasteiger partial charge in [0, 0.05) is 31.4 Å². The van der Waals surface area contributed by atoms with Crippen LogP contribution in [0.1, 0.15) is 35.7 Å². The molecular weight excluding hydrogens is 338 g/mol. The van der Waals surface area contributed by atoms with E-state index >= 15 is 0 Å². The van der Waals surface area contributed by atoms with Gasteiger partial charge in [-0.05, 0) is 43.5 Å².